The molecule has 0 radical (unpaired) electrons. The van der Waals surface area contributed by atoms with Gasteiger partial charge in [-0.25, -0.2) is 8.42 Å². The van der Waals surface area contributed by atoms with Gasteiger partial charge < -0.3 is 0 Å². The van der Waals surface area contributed by atoms with E-state index in [0.29, 0.717) is 17.9 Å². The number of aliphatic imine (C=N–C) groups is 1. The number of amidine groups is 1. The molecule has 3 rings (SSSR count). The Balaban J connectivity index is 1.98. The van der Waals surface area contributed by atoms with E-state index in [1.54, 1.807) is 35.1 Å². The molecule has 0 fully saturated rings. The van der Waals surface area contributed by atoms with Gasteiger partial charge in [0, 0.05) is 18.8 Å². The number of sulfonamides is 1. The zero-order chi connectivity index (χ0) is 13.5. The minimum absolute atomic E-state index is 0.277. The van der Waals surface area contributed by atoms with Gasteiger partial charge in [0.15, 0.2) is 0 Å². The lowest BCUT2D eigenvalue weighted by Crippen LogP contribution is -2.22. The molecule has 0 unspecified atom stereocenters. The molecule has 1 N–H and O–H groups in total. The van der Waals surface area contributed by atoms with Crippen molar-refractivity contribution in [1.82, 2.24) is 14.5 Å². The molecule has 19 heavy (non-hydrogen) atoms. The number of nitrogens with zero attached hydrogens (tertiary/aromatic N) is 3. The first-order valence-electron chi connectivity index (χ1n) is 5.71. The third kappa shape index (κ3) is 2.01. The van der Waals surface area contributed by atoms with Crippen LogP contribution >= 0.6 is 0 Å². The van der Waals surface area contributed by atoms with Crippen LogP contribution in [0.3, 0.4) is 0 Å². The van der Waals surface area contributed by atoms with Gasteiger partial charge in [-0.15, -0.1) is 0 Å². The van der Waals surface area contributed by atoms with Crippen LogP contribution in [0.4, 0.5) is 0 Å². The Morgan fingerprint density at radius 3 is 2.84 bits per heavy atom. The average molecular weight is 276 g/mol. The van der Waals surface area contributed by atoms with E-state index in [4.69, 9.17) is 0 Å². The summed E-state index contributed by atoms with van der Waals surface area (Å²) < 4.78 is 27.9. The van der Waals surface area contributed by atoms with Crippen molar-refractivity contribution in [3.05, 3.63) is 47.8 Å². The Labute approximate surface area is 110 Å². The summed E-state index contributed by atoms with van der Waals surface area (Å²) in [4.78, 5) is 4.61. The number of fused-ring (bicyclic) bond motifs is 1. The lowest BCUT2D eigenvalue weighted by molar-refractivity contribution is 0.595. The van der Waals surface area contributed by atoms with E-state index in [1.165, 1.54) is 0 Å². The van der Waals surface area contributed by atoms with Gasteiger partial charge in [-0.1, -0.05) is 12.1 Å². The maximum atomic E-state index is 11.9. The molecule has 1 aliphatic heterocycles. The minimum atomic E-state index is -3.46. The molecule has 7 heteroatoms. The maximum absolute atomic E-state index is 11.9. The van der Waals surface area contributed by atoms with Crippen LogP contribution in [-0.2, 0) is 23.6 Å². The number of benzene rings is 1. The van der Waals surface area contributed by atoms with E-state index >= 15 is 0 Å². The van der Waals surface area contributed by atoms with Crippen LogP contribution in [0, 0.1) is 0 Å². The molecule has 1 aromatic carbocycles. The standard InChI is InChI=1S/C12H12N4O2S/c1-16-9(6-7-14-16)8-13-12-10-4-2-3-5-11(10)19(17,18)15-12/h2-7H,8H2,1H3,(H,13,15). The van der Waals surface area contributed by atoms with Crippen molar-refractivity contribution in [2.45, 2.75) is 11.4 Å². The van der Waals surface area contributed by atoms with E-state index in [2.05, 4.69) is 14.8 Å². The molecule has 0 amide bonds. The predicted molar refractivity (Wildman–Crippen MR) is 70.2 cm³/mol. The average Bonchev–Trinajstić information content (AvgIpc) is 2.90. The largest absolute Gasteiger partial charge is 0.271 e. The van der Waals surface area contributed by atoms with Crippen molar-refractivity contribution in [2.24, 2.45) is 12.0 Å². The van der Waals surface area contributed by atoms with Crippen molar-refractivity contribution < 1.29 is 8.42 Å². The van der Waals surface area contributed by atoms with Crippen LogP contribution in [0.1, 0.15) is 11.3 Å². The van der Waals surface area contributed by atoms with Crippen molar-refractivity contribution in [1.29, 1.82) is 0 Å². The van der Waals surface area contributed by atoms with Gasteiger partial charge in [0.2, 0.25) is 0 Å². The van der Waals surface area contributed by atoms with Gasteiger partial charge in [-0.05, 0) is 18.2 Å². The minimum Gasteiger partial charge on any atom is -0.271 e. The highest BCUT2D eigenvalue weighted by Crippen LogP contribution is 2.22. The summed E-state index contributed by atoms with van der Waals surface area (Å²) in [5, 5.41) is 4.04. The molecule has 1 aromatic heterocycles. The van der Waals surface area contributed by atoms with Gasteiger partial charge in [0.25, 0.3) is 10.0 Å². The van der Waals surface area contributed by atoms with Gasteiger partial charge >= 0.3 is 0 Å². The number of nitrogens with one attached hydrogen (secondary N) is 1. The maximum Gasteiger partial charge on any atom is 0.263 e. The summed E-state index contributed by atoms with van der Waals surface area (Å²) in [5.74, 6) is 0.386. The van der Waals surface area contributed by atoms with Crippen LogP contribution in [0.25, 0.3) is 0 Å². The highest BCUT2D eigenvalue weighted by molar-refractivity contribution is 7.90. The fourth-order valence-electron chi connectivity index (χ4n) is 1.97. The summed E-state index contributed by atoms with van der Waals surface area (Å²) in [6, 6.07) is 8.65. The van der Waals surface area contributed by atoms with Crippen LogP contribution < -0.4 is 4.72 Å². The fraction of sp³-hybridized carbons (Fsp3) is 0.167. The molecular weight excluding hydrogens is 264 g/mol. The Morgan fingerprint density at radius 1 is 1.32 bits per heavy atom. The molecule has 0 saturated heterocycles. The molecular formula is C12H12N4O2S. The summed E-state index contributed by atoms with van der Waals surface area (Å²) in [6.45, 7) is 0.378. The molecule has 1 aliphatic rings. The van der Waals surface area contributed by atoms with Gasteiger partial charge in [0.05, 0.1) is 17.1 Å². The number of hydrogen-bond donors (Lipinski definition) is 1. The van der Waals surface area contributed by atoms with E-state index in [9.17, 15) is 8.42 Å². The van der Waals surface area contributed by atoms with E-state index in [1.807, 2.05) is 13.1 Å². The van der Waals surface area contributed by atoms with E-state index in [0.717, 1.165) is 5.69 Å². The summed E-state index contributed by atoms with van der Waals surface area (Å²) >= 11 is 0. The second-order valence-electron chi connectivity index (χ2n) is 4.21. The molecule has 0 atom stereocenters. The highest BCUT2D eigenvalue weighted by Gasteiger charge is 2.29. The monoisotopic (exact) mass is 276 g/mol. The number of rotatable bonds is 2. The van der Waals surface area contributed by atoms with Crippen LogP contribution in [0.15, 0.2) is 46.4 Å². The number of aryl methyl sites for hydroxylation is 1. The fourth-order valence-corrected chi connectivity index (χ4v) is 3.22. The first kappa shape index (κ1) is 11.9. The third-order valence-corrected chi connectivity index (χ3v) is 4.38. The molecule has 2 heterocycles. The molecule has 98 valence electrons. The molecule has 6 nitrogen and oxygen atoms in total. The smallest absolute Gasteiger partial charge is 0.263 e. The first-order valence-corrected chi connectivity index (χ1v) is 7.20. The summed E-state index contributed by atoms with van der Waals surface area (Å²) in [7, 11) is -1.64. The Hall–Kier alpha value is -2.15. The molecule has 2 aromatic rings. The van der Waals surface area contributed by atoms with Crippen LogP contribution in [0.5, 0.6) is 0 Å². The molecule has 0 aliphatic carbocycles. The summed E-state index contributed by atoms with van der Waals surface area (Å²) in [6.07, 6.45) is 1.68. The van der Waals surface area contributed by atoms with Gasteiger partial charge in [-0.3, -0.25) is 14.4 Å². The lowest BCUT2D eigenvalue weighted by Gasteiger charge is -2.00. The normalized spacial score (nSPS) is 18.3. The number of hydrogen-bond acceptors (Lipinski definition) is 4. The first-order chi connectivity index (χ1) is 9.08. The van der Waals surface area contributed by atoms with Crippen molar-refractivity contribution >= 4 is 15.9 Å². The second-order valence-corrected chi connectivity index (χ2v) is 5.86. The van der Waals surface area contributed by atoms with Gasteiger partial charge in [-0.2, -0.15) is 5.10 Å². The Morgan fingerprint density at radius 2 is 2.11 bits per heavy atom. The lowest BCUT2D eigenvalue weighted by atomic mass is 10.2. The van der Waals surface area contributed by atoms with Gasteiger partial charge in [0.1, 0.15) is 5.84 Å². The van der Waals surface area contributed by atoms with Crippen LogP contribution in [-0.4, -0.2) is 24.0 Å². The summed E-state index contributed by atoms with van der Waals surface area (Å²) in [5.41, 5.74) is 1.53. The number of aromatic nitrogens is 2. The zero-order valence-corrected chi connectivity index (χ0v) is 11.1. The Kier molecular flexibility index (Phi) is 2.63. The molecule has 0 saturated carbocycles. The third-order valence-electron chi connectivity index (χ3n) is 2.98. The zero-order valence-electron chi connectivity index (χ0n) is 10.2. The quantitative estimate of drug-likeness (QED) is 0.875. The topological polar surface area (TPSA) is 76.3 Å². The predicted octanol–water partition coefficient (Wildman–Crippen LogP) is 0.659. The second kappa shape index (κ2) is 4.20. The van der Waals surface area contributed by atoms with Crippen molar-refractivity contribution in [3.63, 3.8) is 0 Å². The van der Waals surface area contributed by atoms with Crippen molar-refractivity contribution in [3.8, 4) is 0 Å². The van der Waals surface area contributed by atoms with E-state index in [-0.39, 0.29) is 4.90 Å². The SMILES string of the molecule is Cn1nccc1CN=C1NS(=O)(=O)c2ccccc21. The highest BCUT2D eigenvalue weighted by atomic mass is 32.2. The molecule has 0 spiro atoms. The Bertz CT molecular complexity index is 762. The van der Waals surface area contributed by atoms with Crippen molar-refractivity contribution in [2.75, 3.05) is 0 Å². The van der Waals surface area contributed by atoms with E-state index < -0.39 is 10.0 Å². The molecule has 0 bridgehead atoms. The van der Waals surface area contributed by atoms with Crippen LogP contribution in [0.2, 0.25) is 0 Å².